The van der Waals surface area contributed by atoms with Crippen LogP contribution in [0.15, 0.2) is 108 Å². The molecule has 0 N–H and O–H groups in total. The molecule has 0 aliphatic rings. The molecule has 2 heterocycles. The van der Waals surface area contributed by atoms with Gasteiger partial charge in [-0.3, -0.25) is 4.98 Å². The summed E-state index contributed by atoms with van der Waals surface area (Å²) in [6.07, 6.45) is 3.85. The first-order valence-electron chi connectivity index (χ1n) is 11.5. The predicted molar refractivity (Wildman–Crippen MR) is 141 cm³/mol. The number of fused-ring (bicyclic) bond motifs is 9. The zero-order valence-electron chi connectivity index (χ0n) is 18.7. The Morgan fingerprint density at radius 2 is 1.21 bits per heavy atom. The van der Waals surface area contributed by atoms with E-state index >= 15 is 0 Å². The molecule has 0 atom stereocenters. The summed E-state index contributed by atoms with van der Waals surface area (Å²) in [5.74, 6) is 0. The number of furan rings is 1. The molecule has 2 heteroatoms. The van der Waals surface area contributed by atoms with Crippen LogP contribution in [0.25, 0.3) is 65.4 Å². The molecule has 5 aromatic carbocycles. The zero-order chi connectivity index (χ0) is 22.4. The summed E-state index contributed by atoms with van der Waals surface area (Å²) in [5.41, 5.74) is 4.15. The van der Waals surface area contributed by atoms with Crippen LogP contribution in [-0.2, 0) is 0 Å². The first kappa shape index (κ1) is 19.5. The number of para-hydroxylation sites is 2. The maximum absolute atomic E-state index is 6.30. The standard InChI is InChI=1S/C29H17NO.C2H6/c1-2-7-21-20(6-1)26-16-18(12-13-22(26)23-14-15-30-17-27(21)23)19-9-5-10-25-24-8-3-4-11-28(24)31-29(19)25;1-2/h1-17H;1-2H3. The minimum Gasteiger partial charge on any atom is -0.455 e. The van der Waals surface area contributed by atoms with E-state index < -0.39 is 0 Å². The maximum Gasteiger partial charge on any atom is 0.143 e. The molecule has 33 heavy (non-hydrogen) atoms. The van der Waals surface area contributed by atoms with Crippen LogP contribution in [0.5, 0.6) is 0 Å². The molecule has 0 fully saturated rings. The van der Waals surface area contributed by atoms with Gasteiger partial charge in [0.1, 0.15) is 11.2 Å². The molecule has 7 aromatic rings. The van der Waals surface area contributed by atoms with Crippen molar-refractivity contribution in [1.82, 2.24) is 4.98 Å². The molecule has 0 saturated carbocycles. The molecule has 0 unspecified atom stereocenters. The van der Waals surface area contributed by atoms with Gasteiger partial charge in [-0.25, -0.2) is 0 Å². The third-order valence-electron chi connectivity index (χ3n) is 6.35. The molecule has 0 radical (unpaired) electrons. The lowest BCUT2D eigenvalue weighted by atomic mass is 9.92. The third-order valence-corrected chi connectivity index (χ3v) is 6.35. The van der Waals surface area contributed by atoms with Gasteiger partial charge in [-0.2, -0.15) is 0 Å². The molecule has 0 bridgehead atoms. The molecular formula is C31H23NO. The minimum absolute atomic E-state index is 0.926. The van der Waals surface area contributed by atoms with Crippen molar-refractivity contribution in [2.24, 2.45) is 0 Å². The fourth-order valence-corrected chi connectivity index (χ4v) is 4.94. The first-order chi connectivity index (χ1) is 16.4. The molecule has 0 spiro atoms. The van der Waals surface area contributed by atoms with Gasteiger partial charge in [-0.1, -0.05) is 86.6 Å². The zero-order valence-corrected chi connectivity index (χ0v) is 18.7. The van der Waals surface area contributed by atoms with Gasteiger partial charge < -0.3 is 4.42 Å². The Morgan fingerprint density at radius 3 is 2.06 bits per heavy atom. The summed E-state index contributed by atoms with van der Waals surface area (Å²) >= 11 is 0. The van der Waals surface area contributed by atoms with Crippen LogP contribution >= 0.6 is 0 Å². The van der Waals surface area contributed by atoms with Gasteiger partial charge in [0.2, 0.25) is 0 Å². The topological polar surface area (TPSA) is 26.0 Å². The number of rotatable bonds is 1. The maximum atomic E-state index is 6.30. The van der Waals surface area contributed by atoms with E-state index in [2.05, 4.69) is 83.8 Å². The molecule has 158 valence electrons. The molecule has 0 aliphatic carbocycles. The molecule has 0 aliphatic heterocycles. The van der Waals surface area contributed by atoms with Crippen molar-refractivity contribution in [3.8, 4) is 11.1 Å². The number of hydrogen-bond acceptors (Lipinski definition) is 2. The van der Waals surface area contributed by atoms with Gasteiger partial charge in [0, 0.05) is 34.1 Å². The second-order valence-corrected chi connectivity index (χ2v) is 8.01. The summed E-state index contributed by atoms with van der Waals surface area (Å²) in [4.78, 5) is 4.38. The smallest absolute Gasteiger partial charge is 0.143 e. The fourth-order valence-electron chi connectivity index (χ4n) is 4.94. The summed E-state index contributed by atoms with van der Waals surface area (Å²) in [5, 5.41) is 9.71. The number of hydrogen-bond donors (Lipinski definition) is 0. The normalized spacial score (nSPS) is 11.3. The van der Waals surface area contributed by atoms with Crippen molar-refractivity contribution >= 4 is 54.3 Å². The molecule has 2 nitrogen and oxygen atoms in total. The van der Waals surface area contributed by atoms with Gasteiger partial charge >= 0.3 is 0 Å². The Bertz CT molecular complexity index is 1760. The van der Waals surface area contributed by atoms with Gasteiger partial charge in [-0.15, -0.1) is 0 Å². The van der Waals surface area contributed by atoms with Crippen LogP contribution in [0.4, 0.5) is 0 Å². The summed E-state index contributed by atoms with van der Waals surface area (Å²) in [6, 6.07) is 32.1. The lowest BCUT2D eigenvalue weighted by Gasteiger charge is -2.12. The predicted octanol–water partition coefficient (Wildman–Crippen LogP) is 9.13. The molecule has 2 aromatic heterocycles. The monoisotopic (exact) mass is 425 g/mol. The molecule has 0 amide bonds. The van der Waals surface area contributed by atoms with E-state index in [0.717, 1.165) is 33.1 Å². The number of benzene rings is 5. The highest BCUT2D eigenvalue weighted by molar-refractivity contribution is 6.25. The number of aromatic nitrogens is 1. The Hall–Kier alpha value is -4.17. The van der Waals surface area contributed by atoms with E-state index in [9.17, 15) is 0 Å². The number of pyridine rings is 1. The minimum atomic E-state index is 0.926. The van der Waals surface area contributed by atoms with E-state index in [1.165, 1.54) is 32.3 Å². The van der Waals surface area contributed by atoms with E-state index in [-0.39, 0.29) is 0 Å². The van der Waals surface area contributed by atoms with Crippen LogP contribution in [0, 0.1) is 0 Å². The van der Waals surface area contributed by atoms with Crippen molar-refractivity contribution in [3.63, 3.8) is 0 Å². The van der Waals surface area contributed by atoms with Crippen molar-refractivity contribution in [1.29, 1.82) is 0 Å². The first-order valence-corrected chi connectivity index (χ1v) is 11.5. The fraction of sp³-hybridized carbons (Fsp3) is 0.0645. The highest BCUT2D eigenvalue weighted by Crippen LogP contribution is 2.39. The Labute approximate surface area is 192 Å². The van der Waals surface area contributed by atoms with Crippen molar-refractivity contribution < 1.29 is 4.42 Å². The van der Waals surface area contributed by atoms with Crippen LogP contribution < -0.4 is 0 Å². The van der Waals surface area contributed by atoms with Gasteiger partial charge in [0.25, 0.3) is 0 Å². The van der Waals surface area contributed by atoms with Crippen LogP contribution in [0.3, 0.4) is 0 Å². The summed E-state index contributed by atoms with van der Waals surface area (Å²) < 4.78 is 6.30. The molecule has 7 rings (SSSR count). The average molecular weight is 426 g/mol. The van der Waals surface area contributed by atoms with Crippen LogP contribution in [-0.4, -0.2) is 4.98 Å². The van der Waals surface area contributed by atoms with E-state index in [1.54, 1.807) is 0 Å². The largest absolute Gasteiger partial charge is 0.455 e. The second kappa shape index (κ2) is 7.75. The van der Waals surface area contributed by atoms with Crippen molar-refractivity contribution in [2.45, 2.75) is 13.8 Å². The molecular weight excluding hydrogens is 402 g/mol. The van der Waals surface area contributed by atoms with Gasteiger partial charge in [-0.05, 0) is 50.7 Å². The Kier molecular flexibility index (Phi) is 4.58. The van der Waals surface area contributed by atoms with Crippen LogP contribution in [0.1, 0.15) is 13.8 Å². The SMILES string of the molecule is CC.c1ccc2c(c1)oc1c(-c3ccc4c5ccncc5c5ccccc5c4c3)cccc12. The Balaban J connectivity index is 0.00000101. The summed E-state index contributed by atoms with van der Waals surface area (Å²) in [6.45, 7) is 4.00. The number of nitrogens with zero attached hydrogens (tertiary/aromatic N) is 1. The van der Waals surface area contributed by atoms with Crippen molar-refractivity contribution in [3.05, 3.63) is 103 Å². The third kappa shape index (κ3) is 2.91. The lowest BCUT2D eigenvalue weighted by molar-refractivity contribution is 0.670. The van der Waals surface area contributed by atoms with Crippen molar-refractivity contribution in [2.75, 3.05) is 0 Å². The highest BCUT2D eigenvalue weighted by Gasteiger charge is 2.14. The van der Waals surface area contributed by atoms with E-state index in [0.29, 0.717) is 0 Å². The van der Waals surface area contributed by atoms with E-state index in [4.69, 9.17) is 4.42 Å². The lowest BCUT2D eigenvalue weighted by Crippen LogP contribution is -1.86. The second-order valence-electron chi connectivity index (χ2n) is 8.01. The molecule has 0 saturated heterocycles. The highest BCUT2D eigenvalue weighted by atomic mass is 16.3. The average Bonchev–Trinajstić information content (AvgIpc) is 3.29. The Morgan fingerprint density at radius 1 is 0.545 bits per heavy atom. The summed E-state index contributed by atoms with van der Waals surface area (Å²) in [7, 11) is 0. The van der Waals surface area contributed by atoms with Crippen LogP contribution in [0.2, 0.25) is 0 Å². The quantitative estimate of drug-likeness (QED) is 0.245. The van der Waals surface area contributed by atoms with E-state index in [1.807, 2.05) is 38.4 Å². The van der Waals surface area contributed by atoms with Gasteiger partial charge in [0.05, 0.1) is 0 Å². The van der Waals surface area contributed by atoms with Gasteiger partial charge in [0.15, 0.2) is 0 Å².